The Morgan fingerprint density at radius 2 is 2.00 bits per heavy atom. The summed E-state index contributed by atoms with van der Waals surface area (Å²) in [6.07, 6.45) is 0. The molecule has 1 aromatic carbocycles. The van der Waals surface area contributed by atoms with Crippen LogP contribution in [0.15, 0.2) is 23.2 Å². The van der Waals surface area contributed by atoms with E-state index in [1.165, 1.54) is 0 Å². The highest BCUT2D eigenvalue weighted by atomic mass is 127. The molecule has 154 valence electrons. The first-order chi connectivity index (χ1) is 12.2. The zero-order chi connectivity index (χ0) is 19.4. The summed E-state index contributed by atoms with van der Waals surface area (Å²) >= 11 is 0. The fourth-order valence-corrected chi connectivity index (χ4v) is 4.28. The zero-order valence-corrected chi connectivity index (χ0v) is 19.8. The molecule has 0 bridgehead atoms. The molecule has 0 saturated carbocycles. The molecule has 0 spiro atoms. The van der Waals surface area contributed by atoms with E-state index < -0.39 is 14.6 Å². The van der Waals surface area contributed by atoms with Crippen LogP contribution in [-0.2, 0) is 16.4 Å². The Morgan fingerprint density at radius 1 is 1.30 bits per heavy atom. The second-order valence-corrected chi connectivity index (χ2v) is 9.59. The van der Waals surface area contributed by atoms with Gasteiger partial charge in [0.15, 0.2) is 15.8 Å². The maximum absolute atomic E-state index is 12.2. The highest BCUT2D eigenvalue weighted by Crippen LogP contribution is 2.26. The van der Waals surface area contributed by atoms with Gasteiger partial charge in [0.25, 0.3) is 0 Å². The molecule has 27 heavy (non-hydrogen) atoms. The minimum Gasteiger partial charge on any atom is -0.497 e. The third-order valence-electron chi connectivity index (χ3n) is 4.56. The number of aliphatic imine (C=N–C) groups is 1. The fourth-order valence-electron chi connectivity index (χ4n) is 2.92. The smallest absolute Gasteiger partial charge is 0.194 e. The normalized spacial score (nSPS) is 18.4. The van der Waals surface area contributed by atoms with Crippen LogP contribution in [0.5, 0.6) is 11.5 Å². The van der Waals surface area contributed by atoms with Crippen molar-refractivity contribution >= 4 is 39.8 Å². The molecule has 1 heterocycles. The van der Waals surface area contributed by atoms with Gasteiger partial charge in [-0.25, -0.2) is 13.4 Å². The molecule has 0 radical (unpaired) electrons. The molecule has 1 saturated heterocycles. The van der Waals surface area contributed by atoms with Gasteiger partial charge in [0.2, 0.25) is 0 Å². The average molecular weight is 511 g/mol. The minimum atomic E-state index is -3.09. The lowest BCUT2D eigenvalue weighted by Gasteiger charge is -2.39. The average Bonchev–Trinajstić information content (AvgIpc) is 2.60. The molecule has 1 aliphatic heterocycles. The summed E-state index contributed by atoms with van der Waals surface area (Å²) in [6, 6.07) is 5.60. The number of rotatable bonds is 5. The van der Waals surface area contributed by atoms with E-state index in [-0.39, 0.29) is 29.7 Å². The summed E-state index contributed by atoms with van der Waals surface area (Å²) in [5.74, 6) is 2.32. The van der Waals surface area contributed by atoms with Gasteiger partial charge in [-0.15, -0.1) is 24.0 Å². The number of hydrogen-bond acceptors (Lipinski definition) is 5. The van der Waals surface area contributed by atoms with Crippen molar-refractivity contribution in [1.29, 1.82) is 0 Å². The summed E-state index contributed by atoms with van der Waals surface area (Å²) in [5.41, 5.74) is 0.908. The summed E-state index contributed by atoms with van der Waals surface area (Å²) in [6.45, 7) is 7.49. The van der Waals surface area contributed by atoms with Crippen molar-refractivity contribution in [1.82, 2.24) is 10.2 Å². The van der Waals surface area contributed by atoms with Gasteiger partial charge in [0.1, 0.15) is 11.5 Å². The number of ether oxygens (including phenoxy) is 2. The summed E-state index contributed by atoms with van der Waals surface area (Å²) in [4.78, 5) is 6.72. The number of halogens is 1. The third-order valence-corrected chi connectivity index (χ3v) is 7.10. The number of nitrogens with one attached hydrogen (secondary N) is 1. The van der Waals surface area contributed by atoms with E-state index in [9.17, 15) is 8.42 Å². The van der Waals surface area contributed by atoms with Crippen molar-refractivity contribution in [2.75, 3.05) is 39.6 Å². The van der Waals surface area contributed by atoms with Gasteiger partial charge >= 0.3 is 0 Å². The van der Waals surface area contributed by atoms with Crippen LogP contribution in [0.25, 0.3) is 0 Å². The highest BCUT2D eigenvalue weighted by Gasteiger charge is 2.40. The topological polar surface area (TPSA) is 80.2 Å². The SMILES string of the molecule is CCNC(=NCc1cc(OC)ccc1OC)N1CCS(=O)(=O)C(C)(C)C1.I. The molecular formula is C18H30IN3O4S. The van der Waals surface area contributed by atoms with E-state index in [4.69, 9.17) is 14.5 Å². The second kappa shape index (κ2) is 9.81. The first-order valence-corrected chi connectivity index (χ1v) is 10.4. The summed E-state index contributed by atoms with van der Waals surface area (Å²) in [7, 11) is 0.153. The molecule has 1 N–H and O–H groups in total. The van der Waals surface area contributed by atoms with E-state index in [1.54, 1.807) is 28.1 Å². The molecule has 0 amide bonds. The number of guanidine groups is 1. The van der Waals surface area contributed by atoms with Crippen molar-refractivity contribution in [2.24, 2.45) is 4.99 Å². The molecule has 1 fully saturated rings. The first kappa shape index (κ1) is 23.8. The lowest BCUT2D eigenvalue weighted by molar-refractivity contribution is 0.353. The van der Waals surface area contributed by atoms with Gasteiger partial charge in [-0.05, 0) is 39.0 Å². The standard InChI is InChI=1S/C18H29N3O4S.HI/c1-6-19-17(21-9-10-26(22,23)18(2,3)13-21)20-12-14-11-15(24-4)7-8-16(14)25-5;/h7-8,11H,6,9-10,12-13H2,1-5H3,(H,19,20);1H. The molecule has 1 aliphatic rings. The van der Waals surface area contributed by atoms with Crippen LogP contribution in [0.2, 0.25) is 0 Å². The Balaban J connectivity index is 0.00000364. The molecule has 1 aromatic rings. The molecule has 7 nitrogen and oxygen atoms in total. The van der Waals surface area contributed by atoms with Gasteiger partial charge in [0, 0.05) is 25.2 Å². The fraction of sp³-hybridized carbons (Fsp3) is 0.611. The quantitative estimate of drug-likeness (QED) is 0.372. The van der Waals surface area contributed by atoms with Gasteiger partial charge in [-0.3, -0.25) is 0 Å². The molecule has 0 aliphatic carbocycles. The number of nitrogens with zero attached hydrogens (tertiary/aromatic N) is 2. The molecule has 0 unspecified atom stereocenters. The summed E-state index contributed by atoms with van der Waals surface area (Å²) < 4.78 is 34.4. The van der Waals surface area contributed by atoms with Crippen LogP contribution in [0.1, 0.15) is 26.3 Å². The van der Waals surface area contributed by atoms with Gasteiger partial charge in [-0.2, -0.15) is 0 Å². The van der Waals surface area contributed by atoms with Crippen LogP contribution in [0, 0.1) is 0 Å². The van der Waals surface area contributed by atoms with Crippen LogP contribution < -0.4 is 14.8 Å². The van der Waals surface area contributed by atoms with E-state index in [0.717, 1.165) is 17.1 Å². The molecule has 9 heteroatoms. The molecular weight excluding hydrogens is 481 g/mol. The minimum absolute atomic E-state index is 0. The Labute approximate surface area is 179 Å². The van der Waals surface area contributed by atoms with Gasteiger partial charge in [-0.1, -0.05) is 0 Å². The Bertz CT molecular complexity index is 766. The van der Waals surface area contributed by atoms with Gasteiger partial charge in [0.05, 0.1) is 31.3 Å². The van der Waals surface area contributed by atoms with Crippen molar-refractivity contribution in [3.8, 4) is 11.5 Å². The Hall–Kier alpha value is -1.23. The third kappa shape index (κ3) is 5.63. The van der Waals surface area contributed by atoms with Crippen LogP contribution in [0.3, 0.4) is 0 Å². The Morgan fingerprint density at radius 3 is 2.56 bits per heavy atom. The lowest BCUT2D eigenvalue weighted by atomic mass is 10.2. The first-order valence-electron chi connectivity index (χ1n) is 8.70. The van der Waals surface area contributed by atoms with Crippen molar-refractivity contribution < 1.29 is 17.9 Å². The van der Waals surface area contributed by atoms with E-state index in [1.807, 2.05) is 30.0 Å². The number of sulfone groups is 1. The predicted octanol–water partition coefficient (Wildman–Crippen LogP) is 2.30. The number of methoxy groups -OCH3 is 2. The molecule has 0 atom stereocenters. The van der Waals surface area contributed by atoms with Gasteiger partial charge < -0.3 is 19.7 Å². The summed E-state index contributed by atoms with van der Waals surface area (Å²) in [5, 5.41) is 3.26. The molecule has 0 aromatic heterocycles. The number of benzene rings is 1. The van der Waals surface area contributed by atoms with E-state index in [0.29, 0.717) is 32.1 Å². The maximum Gasteiger partial charge on any atom is 0.194 e. The number of hydrogen-bond donors (Lipinski definition) is 1. The lowest BCUT2D eigenvalue weighted by Crippen LogP contribution is -2.57. The largest absolute Gasteiger partial charge is 0.497 e. The van der Waals surface area contributed by atoms with E-state index >= 15 is 0 Å². The van der Waals surface area contributed by atoms with Crippen molar-refractivity contribution in [3.05, 3.63) is 23.8 Å². The van der Waals surface area contributed by atoms with Crippen LogP contribution in [0.4, 0.5) is 0 Å². The van der Waals surface area contributed by atoms with E-state index in [2.05, 4.69) is 5.32 Å². The second-order valence-electron chi connectivity index (χ2n) is 6.85. The van der Waals surface area contributed by atoms with Crippen LogP contribution >= 0.6 is 24.0 Å². The van der Waals surface area contributed by atoms with Crippen molar-refractivity contribution in [2.45, 2.75) is 32.1 Å². The monoisotopic (exact) mass is 511 g/mol. The Kier molecular flexibility index (Phi) is 8.65. The maximum atomic E-state index is 12.2. The predicted molar refractivity (Wildman–Crippen MR) is 119 cm³/mol. The van der Waals surface area contributed by atoms with Crippen LogP contribution in [-0.4, -0.2) is 63.6 Å². The zero-order valence-electron chi connectivity index (χ0n) is 16.6. The highest BCUT2D eigenvalue weighted by molar-refractivity contribution is 14.0. The molecule has 2 rings (SSSR count). The van der Waals surface area contributed by atoms with Crippen molar-refractivity contribution in [3.63, 3.8) is 0 Å².